The summed E-state index contributed by atoms with van der Waals surface area (Å²) in [5, 5.41) is 7.90. The van der Waals surface area contributed by atoms with Crippen LogP contribution in [0.1, 0.15) is 220 Å². The number of aromatic amines is 1. The standard InChI is InChI=1S/C16H10N2O4.C12H8N2O4.2C10H8.C9H7NO2.C8H8N2.C8H7NO.C8H7NS.C7H9N.C7H8.9C2H6/c1-17-13(19)7-3-5-9-12-10(16(22)18(2)15(9)21)6-4-8(11(7)12)14(17)20;1-13-9(15)5-3-7-8(4-6(5)10(13)16)12(18)14(2)11(7)17;2*1-2-6-10-8-4-3-7-9(10)5-1;1-10-8(11)6-4-2-3-5-7(6)9(10)12;3*1-6-9-7-4-2-3-5-8(7)10-6;1-6-4-3-5-7(2)8-6;1-7-5-3-2-4-6-7;9*1-2/h3-6H,1-2H3;3-4H,1-2H3;2*1-8H;2-5H,1H3;2-5H,1H3,(H,9,10);2*2-5H,1H3;3-5H,1-2H3;2-6H,1H3;9*1-2H3. The number of pyridine rings is 1. The highest BCUT2D eigenvalue weighted by atomic mass is 32.1. The normalized spacial score (nSPS) is 10.9. The molecule has 22 heteroatoms. The molecule has 3 aliphatic rings. The molecule has 3 aliphatic heterocycles. The number of aromatic nitrogens is 7. The lowest BCUT2D eigenvalue weighted by Gasteiger charge is -2.29. The van der Waals surface area contributed by atoms with Gasteiger partial charge in [0.25, 0.3) is 57.7 Å². The third-order valence-corrected chi connectivity index (χ3v) is 20.1. The van der Waals surface area contributed by atoms with Crippen LogP contribution in [0.4, 0.5) is 0 Å². The van der Waals surface area contributed by atoms with Crippen molar-refractivity contribution in [1.82, 2.24) is 48.8 Å². The van der Waals surface area contributed by atoms with Crippen LogP contribution in [0.3, 0.4) is 0 Å². The summed E-state index contributed by atoms with van der Waals surface area (Å²) >= 11 is 1.74. The van der Waals surface area contributed by atoms with Crippen molar-refractivity contribution in [1.29, 1.82) is 0 Å². The number of fused-ring (bicyclic) bond motifs is 8. The zero-order valence-electron chi connectivity index (χ0n) is 84.0. The molecule has 21 rings (SSSR count). The first-order valence-electron chi connectivity index (χ1n) is 46.1. The van der Waals surface area contributed by atoms with Crippen LogP contribution in [0, 0.1) is 41.5 Å². The second-order valence-electron chi connectivity index (χ2n) is 27.4. The molecule has 0 atom stereocenters. The van der Waals surface area contributed by atoms with Gasteiger partial charge in [-0.15, -0.1) is 11.3 Å². The molecule has 708 valence electrons. The van der Waals surface area contributed by atoms with Crippen molar-refractivity contribution in [2.45, 2.75) is 166 Å². The molecule has 12 aromatic carbocycles. The molecule has 6 amide bonds. The zero-order chi connectivity index (χ0) is 101. The van der Waals surface area contributed by atoms with Gasteiger partial charge in [-0.25, -0.2) is 15.0 Å². The molecule has 6 aromatic heterocycles. The highest BCUT2D eigenvalue weighted by molar-refractivity contribution is 7.18. The number of nitrogens with zero attached hydrogens (tertiary/aromatic N) is 9. The van der Waals surface area contributed by atoms with Crippen LogP contribution in [-0.2, 0) is 14.1 Å². The number of rotatable bonds is 0. The molecule has 0 spiro atoms. The minimum Gasteiger partial charge on any atom is -0.441 e. The number of amides is 6. The van der Waals surface area contributed by atoms with Gasteiger partial charge in [-0.1, -0.05) is 312 Å². The fraction of sp³-hybridized carbons (Fsp3) is 0.257. The van der Waals surface area contributed by atoms with E-state index < -0.39 is 45.9 Å². The number of nitrogens with one attached hydrogen (secondary N) is 1. The summed E-state index contributed by atoms with van der Waals surface area (Å²) in [6.45, 7) is 47.9. The Kier molecular flexibility index (Phi) is 50.4. The van der Waals surface area contributed by atoms with Crippen LogP contribution in [0.25, 0.3) is 86.2 Å². The van der Waals surface area contributed by atoms with Crippen molar-refractivity contribution in [3.63, 3.8) is 0 Å². The minimum absolute atomic E-state index is 0.178. The Morgan fingerprint density at radius 1 is 0.274 bits per heavy atom. The summed E-state index contributed by atoms with van der Waals surface area (Å²) < 4.78 is 8.48. The number of benzene rings is 12. The lowest BCUT2D eigenvalue weighted by Crippen LogP contribution is -2.40. The molecule has 0 saturated carbocycles. The molecule has 0 bridgehead atoms. The number of para-hydroxylation sites is 5. The number of aryl methyl sites for hydroxylation is 6. The van der Waals surface area contributed by atoms with Crippen molar-refractivity contribution in [3.8, 4) is 0 Å². The first-order chi connectivity index (χ1) is 65.3. The largest absolute Gasteiger partial charge is 0.441 e. The topological polar surface area (TPSA) is 271 Å². The maximum absolute atomic E-state index is 12.3. The lowest BCUT2D eigenvalue weighted by molar-refractivity contribution is 0.0629. The van der Waals surface area contributed by atoms with Crippen LogP contribution >= 0.6 is 11.3 Å². The van der Waals surface area contributed by atoms with Gasteiger partial charge in [0.1, 0.15) is 11.3 Å². The SMILES string of the molecule is CC.CC.CC.CC.CC.CC.CC.CC.CC.CN1C(=O)c2ccc3c4c(ccc(c24)C1=O)C(=O)N(C)C3=O.CN1C(=O)c2ccccc2C1=O.Cc1cccc(C)n1.Cc1ccccc1.Cc1nc2ccccc2[nH]1.Cc1nc2ccccc2o1.Cc1nc2ccccc2s1.Cn1c(=O)c2cc3c(=O)n(C)c(=O)c3cc2c1=O.c1ccc2ccccc2c1.c1ccc2ccccc2c1. The molecule has 135 heavy (non-hydrogen) atoms. The molecule has 0 fully saturated rings. The smallest absolute Gasteiger partial charge is 0.261 e. The Morgan fingerprint density at radius 2 is 0.570 bits per heavy atom. The van der Waals surface area contributed by atoms with Gasteiger partial charge in [-0.3, -0.25) is 76.8 Å². The van der Waals surface area contributed by atoms with Gasteiger partial charge in [-0.2, -0.15) is 0 Å². The fourth-order valence-electron chi connectivity index (χ4n) is 13.2. The van der Waals surface area contributed by atoms with E-state index in [1.54, 1.807) is 35.6 Å². The van der Waals surface area contributed by atoms with Crippen LogP contribution in [0.5, 0.6) is 0 Å². The molecule has 21 nitrogen and oxygen atoms in total. The van der Waals surface area contributed by atoms with Gasteiger partial charge < -0.3 is 9.40 Å². The van der Waals surface area contributed by atoms with E-state index in [0.717, 1.165) is 79.6 Å². The summed E-state index contributed by atoms with van der Waals surface area (Å²) in [6, 6.07) is 89.3. The first-order valence-corrected chi connectivity index (χ1v) is 46.9. The second-order valence-corrected chi connectivity index (χ2v) is 28.7. The summed E-state index contributed by atoms with van der Waals surface area (Å²) in [6.07, 6.45) is 0. The first kappa shape index (κ1) is 114. The molecule has 0 aliphatic carbocycles. The predicted octanol–water partition coefficient (Wildman–Crippen LogP) is 26.4. The van der Waals surface area contributed by atoms with Gasteiger partial charge in [-0.05, 0) is 153 Å². The summed E-state index contributed by atoms with van der Waals surface area (Å²) in [5.41, 5.74) is 9.11. The van der Waals surface area contributed by atoms with Crippen molar-refractivity contribution in [2.75, 3.05) is 21.1 Å². The number of carbonyl (C=O) groups excluding carboxylic acids is 6. The zero-order valence-corrected chi connectivity index (χ0v) is 84.8. The number of oxazole rings is 1. The van der Waals surface area contributed by atoms with E-state index in [0.29, 0.717) is 44.2 Å². The Bertz CT molecular complexity index is 6210. The van der Waals surface area contributed by atoms with E-state index in [1.165, 1.54) is 103 Å². The number of thiazole rings is 1. The number of hydrogen-bond donors (Lipinski definition) is 1. The van der Waals surface area contributed by atoms with E-state index in [4.69, 9.17) is 4.42 Å². The van der Waals surface area contributed by atoms with E-state index >= 15 is 0 Å². The highest BCUT2D eigenvalue weighted by Gasteiger charge is 2.38. The third kappa shape index (κ3) is 30.1. The van der Waals surface area contributed by atoms with Crippen LogP contribution in [0.15, 0.2) is 303 Å². The average Bonchev–Trinajstić information content (AvgIpc) is 1.45. The van der Waals surface area contributed by atoms with Gasteiger partial charge in [0, 0.05) is 86.6 Å². The molecule has 18 aromatic rings. The van der Waals surface area contributed by atoms with E-state index in [-0.39, 0.29) is 33.4 Å². The van der Waals surface area contributed by atoms with Crippen molar-refractivity contribution < 1.29 is 33.2 Å². The molecular formula is C113H134N10O11S. The molecule has 9 heterocycles. The average molecular weight is 1840 g/mol. The number of hydrogen-bond acceptors (Lipinski definition) is 16. The number of imide groups is 3. The molecule has 1 N–H and O–H groups in total. The van der Waals surface area contributed by atoms with Gasteiger partial charge >= 0.3 is 0 Å². The monoisotopic (exact) mass is 1840 g/mol. The Morgan fingerprint density at radius 3 is 0.881 bits per heavy atom. The van der Waals surface area contributed by atoms with Crippen molar-refractivity contribution >= 4 is 133 Å². The maximum atomic E-state index is 12.3. The van der Waals surface area contributed by atoms with Crippen LogP contribution < -0.4 is 22.2 Å². The highest BCUT2D eigenvalue weighted by Crippen LogP contribution is 2.37. The van der Waals surface area contributed by atoms with Gasteiger partial charge in [0.05, 0.1) is 58.9 Å². The maximum Gasteiger partial charge on any atom is 0.261 e. The minimum atomic E-state index is -0.451. The van der Waals surface area contributed by atoms with Crippen LogP contribution in [0.2, 0.25) is 0 Å². The third-order valence-electron chi connectivity index (χ3n) is 19.2. The number of H-pyrrole nitrogens is 1. The summed E-state index contributed by atoms with van der Waals surface area (Å²) in [5.74, 6) is -0.450. The molecule has 0 radical (unpaired) electrons. The number of imidazole rings is 1. The van der Waals surface area contributed by atoms with E-state index in [1.807, 2.05) is 262 Å². The van der Waals surface area contributed by atoms with E-state index in [2.05, 4.69) is 147 Å². The molecule has 0 unspecified atom stereocenters. The molecule has 0 saturated heterocycles. The lowest BCUT2D eigenvalue weighted by atomic mass is 9.86. The van der Waals surface area contributed by atoms with E-state index in [9.17, 15) is 47.9 Å². The van der Waals surface area contributed by atoms with Gasteiger partial charge in [0.2, 0.25) is 0 Å². The quantitative estimate of drug-likeness (QED) is 0.138. The number of carbonyl (C=O) groups is 6. The van der Waals surface area contributed by atoms with Crippen molar-refractivity contribution in [3.05, 3.63) is 388 Å². The van der Waals surface area contributed by atoms with Crippen molar-refractivity contribution in [2.24, 2.45) is 14.1 Å². The Balaban J connectivity index is 0.000000385. The fourth-order valence-corrected chi connectivity index (χ4v) is 14.0. The van der Waals surface area contributed by atoms with Crippen LogP contribution in [-0.4, -0.2) is 105 Å². The second kappa shape index (κ2) is 59.5. The van der Waals surface area contributed by atoms with Gasteiger partial charge in [0.15, 0.2) is 11.5 Å². The summed E-state index contributed by atoms with van der Waals surface area (Å²) in [4.78, 5) is 142. The Hall–Kier alpha value is -14.9. The summed E-state index contributed by atoms with van der Waals surface area (Å²) in [7, 11) is 7.05. The Labute approximate surface area is 799 Å². The molecular weight excluding hydrogens is 1710 g/mol. The predicted molar refractivity (Wildman–Crippen MR) is 565 cm³/mol.